The molecule has 78 valence electrons. The molecule has 3 unspecified atom stereocenters. The molecule has 0 aromatic rings. The van der Waals surface area contributed by atoms with Gasteiger partial charge in [0.1, 0.15) is 6.67 Å². The third kappa shape index (κ3) is 2.90. The minimum Gasteiger partial charge on any atom is -0.389 e. The highest BCUT2D eigenvalue weighted by Gasteiger charge is 2.26. The lowest BCUT2D eigenvalue weighted by Crippen LogP contribution is -2.51. The lowest BCUT2D eigenvalue weighted by Gasteiger charge is -2.38. The number of ether oxygens (including phenoxy) is 1. The maximum atomic E-state index is 12.1. The van der Waals surface area contributed by atoms with E-state index in [2.05, 4.69) is 4.90 Å². The Morgan fingerprint density at radius 2 is 2.31 bits per heavy atom. The molecule has 1 aliphatic rings. The summed E-state index contributed by atoms with van der Waals surface area (Å²) in [6, 6.07) is 0.259. The fraction of sp³-hybridized carbons (Fsp3) is 1.00. The Labute approximate surface area is 78.5 Å². The van der Waals surface area contributed by atoms with E-state index in [4.69, 9.17) is 9.84 Å². The lowest BCUT2D eigenvalue weighted by atomic mass is 10.1. The number of hydrogen-bond donors (Lipinski definition) is 1. The van der Waals surface area contributed by atoms with E-state index < -0.39 is 12.8 Å². The first-order valence-electron chi connectivity index (χ1n) is 4.75. The van der Waals surface area contributed by atoms with Crippen molar-refractivity contribution in [3.8, 4) is 0 Å². The van der Waals surface area contributed by atoms with Crippen LogP contribution in [-0.4, -0.2) is 54.6 Å². The predicted octanol–water partition coefficient (Wildman–Crippen LogP) is 0.426. The van der Waals surface area contributed by atoms with Crippen molar-refractivity contribution in [1.82, 2.24) is 4.90 Å². The summed E-state index contributed by atoms with van der Waals surface area (Å²) in [7, 11) is 0. The van der Waals surface area contributed by atoms with E-state index in [-0.39, 0.29) is 12.1 Å². The highest BCUT2D eigenvalue weighted by molar-refractivity contribution is 4.79. The van der Waals surface area contributed by atoms with Gasteiger partial charge in [-0.25, -0.2) is 4.39 Å². The van der Waals surface area contributed by atoms with Gasteiger partial charge in [-0.05, 0) is 13.8 Å². The molecule has 3 nitrogen and oxygen atoms in total. The molecule has 0 aliphatic carbocycles. The second-order valence-corrected chi connectivity index (χ2v) is 3.62. The molecule has 0 aromatic carbocycles. The number of rotatable bonds is 3. The van der Waals surface area contributed by atoms with Crippen molar-refractivity contribution >= 4 is 0 Å². The fourth-order valence-corrected chi connectivity index (χ4v) is 1.57. The van der Waals surface area contributed by atoms with Crippen LogP contribution in [0.25, 0.3) is 0 Å². The molecule has 0 amide bonds. The second-order valence-electron chi connectivity index (χ2n) is 3.62. The van der Waals surface area contributed by atoms with Crippen LogP contribution < -0.4 is 0 Å². The molecule has 1 saturated heterocycles. The summed E-state index contributed by atoms with van der Waals surface area (Å²) in [5, 5.41) is 9.16. The van der Waals surface area contributed by atoms with Gasteiger partial charge >= 0.3 is 0 Å². The summed E-state index contributed by atoms with van der Waals surface area (Å²) >= 11 is 0. The molecule has 1 aliphatic heterocycles. The molecule has 0 radical (unpaired) electrons. The maximum absolute atomic E-state index is 12.1. The summed E-state index contributed by atoms with van der Waals surface area (Å²) in [6.07, 6.45) is -0.687. The van der Waals surface area contributed by atoms with Gasteiger partial charge in [-0.3, -0.25) is 4.90 Å². The number of morpholine rings is 1. The van der Waals surface area contributed by atoms with Crippen LogP contribution in [-0.2, 0) is 4.74 Å². The van der Waals surface area contributed by atoms with Crippen molar-refractivity contribution in [3.63, 3.8) is 0 Å². The van der Waals surface area contributed by atoms with Crippen LogP contribution in [0.5, 0.6) is 0 Å². The lowest BCUT2D eigenvalue weighted by molar-refractivity contribution is -0.0684. The van der Waals surface area contributed by atoms with Crippen LogP contribution in [0.15, 0.2) is 0 Å². The second kappa shape index (κ2) is 4.88. The van der Waals surface area contributed by atoms with Crippen LogP contribution in [0.4, 0.5) is 4.39 Å². The number of aliphatic hydroxyl groups is 1. The smallest absolute Gasteiger partial charge is 0.117 e. The van der Waals surface area contributed by atoms with Crippen molar-refractivity contribution in [1.29, 1.82) is 0 Å². The van der Waals surface area contributed by atoms with Crippen LogP contribution >= 0.6 is 0 Å². The molecule has 0 spiro atoms. The maximum Gasteiger partial charge on any atom is 0.117 e. The highest BCUT2D eigenvalue weighted by Crippen LogP contribution is 2.13. The van der Waals surface area contributed by atoms with Crippen LogP contribution in [0.2, 0.25) is 0 Å². The molecule has 1 fully saturated rings. The topological polar surface area (TPSA) is 32.7 Å². The zero-order valence-corrected chi connectivity index (χ0v) is 8.24. The molecule has 1 rings (SSSR count). The normalized spacial score (nSPS) is 33.2. The van der Waals surface area contributed by atoms with E-state index in [1.165, 1.54) is 0 Å². The van der Waals surface area contributed by atoms with Gasteiger partial charge in [0, 0.05) is 19.1 Å². The molecule has 4 heteroatoms. The number of alkyl halides is 1. The SMILES string of the molecule is CC1OCCN(CC(O)CF)C1C. The molecule has 3 atom stereocenters. The number of halogens is 1. The fourth-order valence-electron chi connectivity index (χ4n) is 1.57. The average molecular weight is 191 g/mol. The van der Waals surface area contributed by atoms with Gasteiger partial charge in [0.15, 0.2) is 0 Å². The largest absolute Gasteiger partial charge is 0.389 e. The van der Waals surface area contributed by atoms with Crippen molar-refractivity contribution in [2.75, 3.05) is 26.4 Å². The molecule has 13 heavy (non-hydrogen) atoms. The quantitative estimate of drug-likeness (QED) is 0.702. The Balaban J connectivity index is 2.39. The Morgan fingerprint density at radius 3 is 2.92 bits per heavy atom. The Bertz CT molecular complexity index is 157. The average Bonchev–Trinajstić information content (AvgIpc) is 2.13. The molecule has 0 aromatic heterocycles. The Hall–Kier alpha value is -0.190. The van der Waals surface area contributed by atoms with E-state index in [0.717, 1.165) is 6.54 Å². The first kappa shape index (κ1) is 10.9. The number of hydrogen-bond acceptors (Lipinski definition) is 3. The monoisotopic (exact) mass is 191 g/mol. The summed E-state index contributed by atoms with van der Waals surface area (Å²) in [5.41, 5.74) is 0. The summed E-state index contributed by atoms with van der Waals surface area (Å²) in [6.45, 7) is 5.23. The molecule has 0 saturated carbocycles. The van der Waals surface area contributed by atoms with E-state index in [1.807, 2.05) is 13.8 Å². The Morgan fingerprint density at radius 1 is 1.62 bits per heavy atom. The summed E-state index contributed by atoms with van der Waals surface area (Å²) in [5.74, 6) is 0. The minimum absolute atomic E-state index is 0.167. The third-order valence-corrected chi connectivity index (χ3v) is 2.64. The number of aliphatic hydroxyl groups excluding tert-OH is 1. The number of nitrogens with zero attached hydrogens (tertiary/aromatic N) is 1. The van der Waals surface area contributed by atoms with Gasteiger partial charge in [0.05, 0.1) is 18.8 Å². The highest BCUT2D eigenvalue weighted by atomic mass is 19.1. The standard InChI is InChI=1S/C9H18FNO2/c1-7-8(2)13-4-3-11(7)6-9(12)5-10/h7-9,12H,3-6H2,1-2H3. The van der Waals surface area contributed by atoms with Crippen molar-refractivity contribution in [2.45, 2.75) is 32.1 Å². The van der Waals surface area contributed by atoms with Gasteiger partial charge in [0.2, 0.25) is 0 Å². The van der Waals surface area contributed by atoms with Gasteiger partial charge < -0.3 is 9.84 Å². The molecule has 1 N–H and O–H groups in total. The van der Waals surface area contributed by atoms with Crippen LogP contribution in [0.1, 0.15) is 13.8 Å². The van der Waals surface area contributed by atoms with E-state index in [1.54, 1.807) is 0 Å². The van der Waals surface area contributed by atoms with Crippen molar-refractivity contribution < 1.29 is 14.2 Å². The van der Waals surface area contributed by atoms with Gasteiger partial charge in [-0.1, -0.05) is 0 Å². The first-order valence-corrected chi connectivity index (χ1v) is 4.75. The Kier molecular flexibility index (Phi) is 4.09. The molecule has 1 heterocycles. The third-order valence-electron chi connectivity index (χ3n) is 2.64. The zero-order valence-electron chi connectivity index (χ0n) is 8.24. The van der Waals surface area contributed by atoms with Crippen LogP contribution in [0, 0.1) is 0 Å². The van der Waals surface area contributed by atoms with E-state index in [0.29, 0.717) is 13.2 Å². The van der Waals surface area contributed by atoms with Gasteiger partial charge in [-0.15, -0.1) is 0 Å². The molecule has 0 bridgehead atoms. The van der Waals surface area contributed by atoms with E-state index >= 15 is 0 Å². The predicted molar refractivity (Wildman–Crippen MR) is 48.4 cm³/mol. The first-order chi connectivity index (χ1) is 6.15. The summed E-state index contributed by atoms with van der Waals surface area (Å²) < 4.78 is 17.5. The summed E-state index contributed by atoms with van der Waals surface area (Å²) in [4.78, 5) is 2.07. The van der Waals surface area contributed by atoms with Gasteiger partial charge in [-0.2, -0.15) is 0 Å². The van der Waals surface area contributed by atoms with Crippen molar-refractivity contribution in [2.24, 2.45) is 0 Å². The van der Waals surface area contributed by atoms with E-state index in [9.17, 15) is 4.39 Å². The van der Waals surface area contributed by atoms with Gasteiger partial charge in [0.25, 0.3) is 0 Å². The number of β-amino-alcohol motifs (C(OH)–C–C–N with tert-alkyl or cyclic N) is 1. The zero-order chi connectivity index (χ0) is 9.84. The van der Waals surface area contributed by atoms with Crippen molar-refractivity contribution in [3.05, 3.63) is 0 Å². The van der Waals surface area contributed by atoms with Crippen LogP contribution in [0.3, 0.4) is 0 Å². The minimum atomic E-state index is -0.854. The molecular formula is C9H18FNO2. The molecular weight excluding hydrogens is 173 g/mol.